The van der Waals surface area contributed by atoms with E-state index in [1.807, 2.05) is 48.5 Å². The zero-order valence-electron chi connectivity index (χ0n) is 14.7. The number of hydrazone groups is 1. The fourth-order valence-corrected chi connectivity index (χ4v) is 3.09. The molecular formula is C22H17BrN4. The van der Waals surface area contributed by atoms with Crippen molar-refractivity contribution in [2.24, 2.45) is 5.10 Å². The second-order valence-electron chi connectivity index (χ2n) is 6.20. The molecule has 0 saturated carbocycles. The molecule has 1 heterocycles. The molecule has 3 aromatic carbocycles. The molecule has 1 N–H and O–H groups in total. The van der Waals surface area contributed by atoms with E-state index >= 15 is 0 Å². The Morgan fingerprint density at radius 2 is 1.70 bits per heavy atom. The van der Waals surface area contributed by atoms with Gasteiger partial charge >= 0.3 is 0 Å². The van der Waals surface area contributed by atoms with Crippen molar-refractivity contribution in [2.75, 3.05) is 5.43 Å². The smallest absolute Gasteiger partial charge is 0.244 e. The molecule has 5 heteroatoms. The average molecular weight is 417 g/mol. The van der Waals surface area contributed by atoms with Crippen molar-refractivity contribution in [3.8, 4) is 11.3 Å². The first-order valence-corrected chi connectivity index (χ1v) is 9.37. The van der Waals surface area contributed by atoms with Crippen molar-refractivity contribution in [1.29, 1.82) is 0 Å². The third kappa shape index (κ3) is 4.04. The van der Waals surface area contributed by atoms with Crippen molar-refractivity contribution >= 4 is 39.0 Å². The van der Waals surface area contributed by atoms with E-state index in [0.29, 0.717) is 5.95 Å². The summed E-state index contributed by atoms with van der Waals surface area (Å²) in [6.45, 7) is 2.07. The second-order valence-corrected chi connectivity index (χ2v) is 7.12. The lowest BCUT2D eigenvalue weighted by Gasteiger charge is -2.09. The van der Waals surface area contributed by atoms with Gasteiger partial charge in [-0.05, 0) is 36.8 Å². The molecule has 0 radical (unpaired) electrons. The Labute approximate surface area is 166 Å². The first-order chi connectivity index (χ1) is 13.2. The van der Waals surface area contributed by atoms with Crippen LogP contribution in [0.25, 0.3) is 22.2 Å². The lowest BCUT2D eigenvalue weighted by Crippen LogP contribution is -2.00. The van der Waals surface area contributed by atoms with Crippen LogP contribution >= 0.6 is 15.9 Å². The van der Waals surface area contributed by atoms with Gasteiger partial charge in [-0.25, -0.2) is 15.4 Å². The molecule has 0 aliphatic rings. The summed E-state index contributed by atoms with van der Waals surface area (Å²) in [5.41, 5.74) is 7.96. The first kappa shape index (κ1) is 17.4. The average Bonchev–Trinajstić information content (AvgIpc) is 2.70. The zero-order chi connectivity index (χ0) is 18.6. The van der Waals surface area contributed by atoms with Crippen molar-refractivity contribution in [3.05, 3.63) is 88.4 Å². The van der Waals surface area contributed by atoms with Crippen molar-refractivity contribution < 1.29 is 0 Å². The van der Waals surface area contributed by atoms with Crippen LogP contribution in [0.15, 0.2) is 82.4 Å². The Kier molecular flexibility index (Phi) is 4.94. The van der Waals surface area contributed by atoms with Gasteiger partial charge in [0.15, 0.2) is 0 Å². The van der Waals surface area contributed by atoms with E-state index in [2.05, 4.69) is 62.6 Å². The van der Waals surface area contributed by atoms with Gasteiger partial charge in [-0.15, -0.1) is 0 Å². The van der Waals surface area contributed by atoms with Gasteiger partial charge in [-0.1, -0.05) is 70.0 Å². The third-order valence-corrected chi connectivity index (χ3v) is 4.68. The Bertz CT molecular complexity index is 1110. The molecule has 0 saturated heterocycles. The Morgan fingerprint density at radius 3 is 2.48 bits per heavy atom. The lowest BCUT2D eigenvalue weighted by molar-refractivity contribution is 1.15. The topological polar surface area (TPSA) is 50.2 Å². The van der Waals surface area contributed by atoms with E-state index in [0.717, 1.165) is 32.2 Å². The van der Waals surface area contributed by atoms with Crippen LogP contribution in [-0.4, -0.2) is 16.2 Å². The molecule has 0 aliphatic carbocycles. The molecule has 0 amide bonds. The van der Waals surface area contributed by atoms with Gasteiger partial charge in [-0.3, -0.25) is 0 Å². The molecule has 0 bridgehead atoms. The highest BCUT2D eigenvalue weighted by Crippen LogP contribution is 2.28. The molecule has 0 spiro atoms. The number of halogens is 1. The minimum atomic E-state index is 0.471. The van der Waals surface area contributed by atoms with Crippen molar-refractivity contribution in [2.45, 2.75) is 6.92 Å². The van der Waals surface area contributed by atoms with E-state index in [-0.39, 0.29) is 0 Å². The van der Waals surface area contributed by atoms with Gasteiger partial charge in [0.05, 0.1) is 17.4 Å². The largest absolute Gasteiger partial charge is 0.245 e. The van der Waals surface area contributed by atoms with Gasteiger partial charge in [0.1, 0.15) is 0 Å². The number of hydrogen-bond acceptors (Lipinski definition) is 4. The summed E-state index contributed by atoms with van der Waals surface area (Å²) in [7, 11) is 0. The predicted octanol–water partition coefficient (Wildman–Crippen LogP) is 5.81. The summed E-state index contributed by atoms with van der Waals surface area (Å²) >= 11 is 3.43. The summed E-state index contributed by atoms with van der Waals surface area (Å²) in [6.07, 6.45) is 1.75. The van der Waals surface area contributed by atoms with Crippen LogP contribution in [-0.2, 0) is 0 Å². The van der Waals surface area contributed by atoms with Crippen LogP contribution < -0.4 is 5.43 Å². The number of benzene rings is 3. The number of nitrogens with one attached hydrogen (secondary N) is 1. The number of fused-ring (bicyclic) bond motifs is 1. The maximum atomic E-state index is 4.71. The van der Waals surface area contributed by atoms with Gasteiger partial charge in [0.2, 0.25) is 5.95 Å². The van der Waals surface area contributed by atoms with E-state index in [9.17, 15) is 0 Å². The van der Waals surface area contributed by atoms with Crippen LogP contribution in [0.5, 0.6) is 0 Å². The quantitative estimate of drug-likeness (QED) is 0.337. The van der Waals surface area contributed by atoms with Crippen molar-refractivity contribution in [1.82, 2.24) is 9.97 Å². The highest BCUT2D eigenvalue weighted by molar-refractivity contribution is 9.10. The van der Waals surface area contributed by atoms with Gasteiger partial charge in [0.25, 0.3) is 0 Å². The molecule has 27 heavy (non-hydrogen) atoms. The number of hydrogen-bond donors (Lipinski definition) is 1. The van der Waals surface area contributed by atoms with E-state index < -0.39 is 0 Å². The summed E-state index contributed by atoms with van der Waals surface area (Å²) in [6, 6.07) is 24.2. The minimum Gasteiger partial charge on any atom is -0.245 e. The second kappa shape index (κ2) is 7.68. The van der Waals surface area contributed by atoms with Crippen molar-refractivity contribution in [3.63, 3.8) is 0 Å². The molecule has 0 aliphatic heterocycles. The number of aryl methyl sites for hydroxylation is 1. The summed E-state index contributed by atoms with van der Waals surface area (Å²) in [5, 5.41) is 5.32. The summed E-state index contributed by atoms with van der Waals surface area (Å²) < 4.78 is 1.04. The molecule has 0 atom stereocenters. The van der Waals surface area contributed by atoms with E-state index in [1.165, 1.54) is 5.56 Å². The standard InChI is InChI=1S/C22H17BrN4/c1-15-7-12-20-19(13-15)21(17-5-3-2-4-6-17)26-22(25-20)27-24-14-16-8-10-18(23)11-9-16/h2-14H,1H3,(H,25,26,27)/b24-14+. The minimum absolute atomic E-state index is 0.471. The molecular weight excluding hydrogens is 400 g/mol. The summed E-state index contributed by atoms with van der Waals surface area (Å²) in [4.78, 5) is 9.32. The number of aromatic nitrogens is 2. The highest BCUT2D eigenvalue weighted by Gasteiger charge is 2.09. The predicted molar refractivity (Wildman–Crippen MR) is 115 cm³/mol. The number of anilines is 1. The molecule has 4 nitrogen and oxygen atoms in total. The number of nitrogens with zero attached hydrogens (tertiary/aromatic N) is 3. The Morgan fingerprint density at radius 1 is 0.926 bits per heavy atom. The maximum absolute atomic E-state index is 4.71. The van der Waals surface area contributed by atoms with Crippen LogP contribution in [0, 0.1) is 6.92 Å². The van der Waals surface area contributed by atoms with Crippen LogP contribution in [0.1, 0.15) is 11.1 Å². The summed E-state index contributed by atoms with van der Waals surface area (Å²) in [5.74, 6) is 0.471. The Balaban J connectivity index is 1.71. The maximum Gasteiger partial charge on any atom is 0.244 e. The van der Waals surface area contributed by atoms with Gasteiger partial charge < -0.3 is 0 Å². The van der Waals surface area contributed by atoms with Crippen LogP contribution in [0.2, 0.25) is 0 Å². The van der Waals surface area contributed by atoms with Crippen LogP contribution in [0.4, 0.5) is 5.95 Å². The lowest BCUT2D eigenvalue weighted by atomic mass is 10.0. The molecule has 1 aromatic heterocycles. The fourth-order valence-electron chi connectivity index (χ4n) is 2.82. The highest BCUT2D eigenvalue weighted by atomic mass is 79.9. The Hall–Kier alpha value is -3.05. The van der Waals surface area contributed by atoms with Gasteiger partial charge in [-0.2, -0.15) is 5.10 Å². The monoisotopic (exact) mass is 416 g/mol. The molecule has 4 aromatic rings. The first-order valence-electron chi connectivity index (χ1n) is 8.57. The SMILES string of the molecule is Cc1ccc2nc(N/N=C/c3ccc(Br)cc3)nc(-c3ccccc3)c2c1. The molecule has 0 fully saturated rings. The van der Waals surface area contributed by atoms with Crippen LogP contribution in [0.3, 0.4) is 0 Å². The van der Waals surface area contributed by atoms with E-state index in [4.69, 9.17) is 4.98 Å². The van der Waals surface area contributed by atoms with E-state index in [1.54, 1.807) is 6.21 Å². The normalized spacial score (nSPS) is 11.2. The fraction of sp³-hybridized carbons (Fsp3) is 0.0455. The number of rotatable bonds is 4. The van der Waals surface area contributed by atoms with Gasteiger partial charge in [0, 0.05) is 15.4 Å². The molecule has 4 rings (SSSR count). The molecule has 0 unspecified atom stereocenters. The molecule has 132 valence electrons. The third-order valence-electron chi connectivity index (χ3n) is 4.15. The zero-order valence-corrected chi connectivity index (χ0v) is 16.3.